The maximum Gasteiger partial charge on any atom is 0.0568 e. The summed E-state index contributed by atoms with van der Waals surface area (Å²) in [5.41, 5.74) is 0. The van der Waals surface area contributed by atoms with Crippen molar-refractivity contribution in [3.05, 3.63) is 0 Å². The Morgan fingerprint density at radius 1 is 1.00 bits per heavy atom. The summed E-state index contributed by atoms with van der Waals surface area (Å²) in [5, 5.41) is 9.40. The lowest BCUT2D eigenvalue weighted by Gasteiger charge is -2.23. The van der Waals surface area contributed by atoms with E-state index in [1.165, 1.54) is 25.7 Å². The van der Waals surface area contributed by atoms with Gasteiger partial charge in [0.15, 0.2) is 0 Å². The van der Waals surface area contributed by atoms with E-state index >= 15 is 0 Å². The van der Waals surface area contributed by atoms with Crippen LogP contribution in [0.2, 0.25) is 0 Å². The number of hydrogen-bond donors (Lipinski definition) is 1. The van der Waals surface area contributed by atoms with Gasteiger partial charge in [-0.05, 0) is 37.5 Å². The molecule has 2 rings (SSSR count). The molecule has 0 aliphatic heterocycles. The molecule has 9 heavy (non-hydrogen) atoms. The smallest absolute Gasteiger partial charge is 0.0568 e. The summed E-state index contributed by atoms with van der Waals surface area (Å²) in [4.78, 5) is 0. The Morgan fingerprint density at radius 2 is 1.78 bits per heavy atom. The van der Waals surface area contributed by atoms with Gasteiger partial charge in [-0.25, -0.2) is 0 Å². The molecule has 0 radical (unpaired) electrons. The third kappa shape index (κ3) is 0.877. The molecule has 0 aromatic heterocycles. The lowest BCUT2D eigenvalue weighted by Crippen LogP contribution is -2.22. The molecular formula is C8H14O. The quantitative estimate of drug-likeness (QED) is 0.522. The van der Waals surface area contributed by atoms with E-state index < -0.39 is 0 Å². The van der Waals surface area contributed by atoms with Crippen molar-refractivity contribution in [1.82, 2.24) is 0 Å². The highest BCUT2D eigenvalue weighted by atomic mass is 16.3. The molecule has 0 unspecified atom stereocenters. The van der Waals surface area contributed by atoms with Crippen LogP contribution in [0.4, 0.5) is 0 Å². The SMILES string of the molecule is O[C@@H]1CC[C@H]2CC[C@@H]1C2. The molecule has 52 valence electrons. The average Bonchev–Trinajstić information content (AvgIpc) is 2.25. The first kappa shape index (κ1) is 5.72. The van der Waals surface area contributed by atoms with Crippen molar-refractivity contribution in [1.29, 1.82) is 0 Å². The van der Waals surface area contributed by atoms with Crippen LogP contribution in [0, 0.1) is 11.8 Å². The third-order valence-corrected chi connectivity index (χ3v) is 3.00. The van der Waals surface area contributed by atoms with Crippen LogP contribution < -0.4 is 0 Å². The third-order valence-electron chi connectivity index (χ3n) is 3.00. The summed E-state index contributed by atoms with van der Waals surface area (Å²) in [7, 11) is 0. The summed E-state index contributed by atoms with van der Waals surface area (Å²) in [6.45, 7) is 0. The van der Waals surface area contributed by atoms with Crippen molar-refractivity contribution >= 4 is 0 Å². The van der Waals surface area contributed by atoms with Gasteiger partial charge in [-0.2, -0.15) is 0 Å². The fourth-order valence-corrected chi connectivity index (χ4v) is 2.37. The highest BCUT2D eigenvalue weighted by Crippen LogP contribution is 2.41. The molecule has 0 aromatic carbocycles. The Morgan fingerprint density at radius 3 is 2.56 bits per heavy atom. The zero-order valence-electron chi connectivity index (χ0n) is 5.71. The highest BCUT2D eigenvalue weighted by molar-refractivity contribution is 4.85. The molecule has 2 aliphatic rings. The molecular weight excluding hydrogens is 112 g/mol. The Hall–Kier alpha value is -0.0400. The van der Waals surface area contributed by atoms with Crippen LogP contribution in [0.5, 0.6) is 0 Å². The zero-order chi connectivity index (χ0) is 6.27. The van der Waals surface area contributed by atoms with Crippen molar-refractivity contribution in [2.75, 3.05) is 0 Å². The Labute approximate surface area is 56.1 Å². The number of fused-ring (bicyclic) bond motifs is 2. The molecule has 1 N–H and O–H groups in total. The van der Waals surface area contributed by atoms with Gasteiger partial charge in [0.1, 0.15) is 0 Å². The Balaban J connectivity index is 2.05. The molecule has 2 bridgehead atoms. The van der Waals surface area contributed by atoms with Gasteiger partial charge in [0.2, 0.25) is 0 Å². The van der Waals surface area contributed by atoms with Gasteiger partial charge < -0.3 is 5.11 Å². The van der Waals surface area contributed by atoms with Crippen molar-refractivity contribution in [3.8, 4) is 0 Å². The van der Waals surface area contributed by atoms with E-state index in [0.29, 0.717) is 5.92 Å². The largest absolute Gasteiger partial charge is 0.393 e. The van der Waals surface area contributed by atoms with Crippen LogP contribution >= 0.6 is 0 Å². The lowest BCUT2D eigenvalue weighted by molar-refractivity contribution is 0.0770. The van der Waals surface area contributed by atoms with E-state index in [1.807, 2.05) is 0 Å². The Kier molecular flexibility index (Phi) is 1.26. The second kappa shape index (κ2) is 1.98. The molecule has 0 amide bonds. The van der Waals surface area contributed by atoms with Crippen LogP contribution in [-0.4, -0.2) is 11.2 Å². The average molecular weight is 126 g/mol. The highest BCUT2D eigenvalue weighted by Gasteiger charge is 2.34. The van der Waals surface area contributed by atoms with Crippen LogP contribution in [-0.2, 0) is 0 Å². The van der Waals surface area contributed by atoms with Crippen molar-refractivity contribution in [3.63, 3.8) is 0 Å². The molecule has 0 spiro atoms. The molecule has 2 saturated carbocycles. The van der Waals surface area contributed by atoms with Gasteiger partial charge in [0, 0.05) is 0 Å². The molecule has 0 heterocycles. The second-order valence-electron chi connectivity index (χ2n) is 3.58. The minimum Gasteiger partial charge on any atom is -0.393 e. The first-order valence-corrected chi connectivity index (χ1v) is 4.04. The normalized spacial score (nSPS) is 49.7. The van der Waals surface area contributed by atoms with E-state index in [2.05, 4.69) is 0 Å². The number of rotatable bonds is 0. The second-order valence-corrected chi connectivity index (χ2v) is 3.58. The molecule has 3 atom stereocenters. The van der Waals surface area contributed by atoms with Gasteiger partial charge in [0.25, 0.3) is 0 Å². The minimum absolute atomic E-state index is 0.0590. The van der Waals surface area contributed by atoms with E-state index in [0.717, 1.165) is 12.3 Å². The summed E-state index contributed by atoms with van der Waals surface area (Å²) in [6.07, 6.45) is 6.44. The van der Waals surface area contributed by atoms with Gasteiger partial charge >= 0.3 is 0 Å². The van der Waals surface area contributed by atoms with E-state index in [9.17, 15) is 5.11 Å². The Bertz CT molecular complexity index is 111. The summed E-state index contributed by atoms with van der Waals surface area (Å²) in [5.74, 6) is 1.67. The zero-order valence-corrected chi connectivity index (χ0v) is 5.71. The standard InChI is InChI=1S/C8H14O/c9-8-4-2-6-1-3-7(8)5-6/h6-9H,1-5H2/t6-,7-,8-/m1/s1. The lowest BCUT2D eigenvalue weighted by atomic mass is 9.87. The molecule has 0 saturated heterocycles. The van der Waals surface area contributed by atoms with Gasteiger partial charge in [-0.1, -0.05) is 6.42 Å². The van der Waals surface area contributed by atoms with Crippen LogP contribution in [0.15, 0.2) is 0 Å². The van der Waals surface area contributed by atoms with Gasteiger partial charge in [0.05, 0.1) is 6.10 Å². The molecule has 1 nitrogen and oxygen atoms in total. The predicted octanol–water partition coefficient (Wildman–Crippen LogP) is 1.56. The van der Waals surface area contributed by atoms with Crippen molar-refractivity contribution in [2.24, 2.45) is 11.8 Å². The van der Waals surface area contributed by atoms with Gasteiger partial charge in [-0.3, -0.25) is 0 Å². The van der Waals surface area contributed by atoms with Crippen molar-refractivity contribution < 1.29 is 5.11 Å². The molecule has 2 fully saturated rings. The summed E-state index contributed by atoms with van der Waals surface area (Å²) < 4.78 is 0. The minimum atomic E-state index is 0.0590. The van der Waals surface area contributed by atoms with Crippen LogP contribution in [0.1, 0.15) is 32.1 Å². The van der Waals surface area contributed by atoms with E-state index in [1.54, 1.807) is 0 Å². The summed E-state index contributed by atoms with van der Waals surface area (Å²) >= 11 is 0. The molecule has 1 heteroatoms. The molecule has 0 aromatic rings. The van der Waals surface area contributed by atoms with E-state index in [-0.39, 0.29) is 6.10 Å². The van der Waals surface area contributed by atoms with Crippen LogP contribution in [0.25, 0.3) is 0 Å². The van der Waals surface area contributed by atoms with Crippen molar-refractivity contribution in [2.45, 2.75) is 38.2 Å². The first-order valence-electron chi connectivity index (χ1n) is 4.04. The van der Waals surface area contributed by atoms with Gasteiger partial charge in [-0.15, -0.1) is 0 Å². The number of aliphatic hydroxyl groups excluding tert-OH is 1. The predicted molar refractivity (Wildman–Crippen MR) is 36.1 cm³/mol. The maximum atomic E-state index is 9.40. The first-order chi connectivity index (χ1) is 4.36. The fraction of sp³-hybridized carbons (Fsp3) is 1.00. The maximum absolute atomic E-state index is 9.40. The fourth-order valence-electron chi connectivity index (χ4n) is 2.37. The van der Waals surface area contributed by atoms with E-state index in [4.69, 9.17) is 0 Å². The topological polar surface area (TPSA) is 20.2 Å². The molecule has 2 aliphatic carbocycles. The number of aliphatic hydroxyl groups is 1. The monoisotopic (exact) mass is 126 g/mol. The summed E-state index contributed by atoms with van der Waals surface area (Å²) in [6, 6.07) is 0. The van der Waals surface area contributed by atoms with Crippen LogP contribution in [0.3, 0.4) is 0 Å². The number of hydrogen-bond acceptors (Lipinski definition) is 1.